The van der Waals surface area contributed by atoms with Crippen molar-refractivity contribution in [3.8, 4) is 0 Å². The first-order chi connectivity index (χ1) is 7.70. The summed E-state index contributed by atoms with van der Waals surface area (Å²) in [6.45, 7) is 4.94. The summed E-state index contributed by atoms with van der Waals surface area (Å²) in [6.07, 6.45) is 2.40. The van der Waals surface area contributed by atoms with Crippen LogP contribution in [0.2, 0.25) is 0 Å². The van der Waals surface area contributed by atoms with Gasteiger partial charge in [-0.25, -0.2) is 0 Å². The van der Waals surface area contributed by atoms with Gasteiger partial charge < -0.3 is 10.2 Å². The zero-order valence-corrected chi connectivity index (χ0v) is 9.68. The summed E-state index contributed by atoms with van der Waals surface area (Å²) >= 11 is 0. The summed E-state index contributed by atoms with van der Waals surface area (Å²) in [4.78, 5) is 0. The molecule has 1 atom stereocenters. The molecule has 2 rings (SSSR count). The van der Waals surface area contributed by atoms with E-state index in [4.69, 9.17) is 10.2 Å². The summed E-state index contributed by atoms with van der Waals surface area (Å²) < 4.78 is 7.28. The van der Waals surface area contributed by atoms with Crippen molar-refractivity contribution >= 4 is 0 Å². The second kappa shape index (κ2) is 4.53. The van der Waals surface area contributed by atoms with E-state index >= 15 is 0 Å². The van der Waals surface area contributed by atoms with Crippen LogP contribution in [0.1, 0.15) is 30.1 Å². The number of nitrogens with zero attached hydrogens (tertiary/aromatic N) is 2. The first-order valence-electron chi connectivity index (χ1n) is 5.53. The Balaban J connectivity index is 2.14. The summed E-state index contributed by atoms with van der Waals surface area (Å²) in [5.41, 5.74) is 8.26. The third kappa shape index (κ3) is 2.17. The molecule has 0 saturated carbocycles. The van der Waals surface area contributed by atoms with Gasteiger partial charge >= 0.3 is 0 Å². The van der Waals surface area contributed by atoms with Crippen molar-refractivity contribution in [1.82, 2.24) is 9.78 Å². The molecule has 86 valence electrons. The minimum atomic E-state index is -0.101. The number of aryl methyl sites for hydroxylation is 2. The molecular weight excluding hydrogens is 202 g/mol. The normalized spacial score (nSPS) is 12.9. The molecule has 0 aliphatic rings. The Bertz CT molecular complexity index is 445. The SMILES string of the molecule is CCn1nc(C)cc1CC(N)c1ccco1. The topological polar surface area (TPSA) is 57.0 Å². The average molecular weight is 219 g/mol. The maximum Gasteiger partial charge on any atom is 0.120 e. The van der Waals surface area contributed by atoms with Gasteiger partial charge in [0.2, 0.25) is 0 Å². The molecule has 0 aliphatic heterocycles. The smallest absolute Gasteiger partial charge is 0.120 e. The second-order valence-corrected chi connectivity index (χ2v) is 3.92. The third-order valence-corrected chi connectivity index (χ3v) is 2.62. The van der Waals surface area contributed by atoms with Crippen LogP contribution < -0.4 is 5.73 Å². The molecule has 4 nitrogen and oxygen atoms in total. The van der Waals surface area contributed by atoms with Gasteiger partial charge in [-0.05, 0) is 32.0 Å². The van der Waals surface area contributed by atoms with E-state index in [0.29, 0.717) is 0 Å². The van der Waals surface area contributed by atoms with E-state index in [9.17, 15) is 0 Å². The highest BCUT2D eigenvalue weighted by molar-refractivity contribution is 5.14. The Labute approximate surface area is 95.1 Å². The van der Waals surface area contributed by atoms with Crippen LogP contribution in [0, 0.1) is 6.92 Å². The predicted molar refractivity (Wildman–Crippen MR) is 62.0 cm³/mol. The molecule has 0 aromatic carbocycles. The van der Waals surface area contributed by atoms with Crippen molar-refractivity contribution < 1.29 is 4.42 Å². The monoisotopic (exact) mass is 219 g/mol. The maximum absolute atomic E-state index is 6.07. The van der Waals surface area contributed by atoms with E-state index in [0.717, 1.165) is 30.1 Å². The zero-order valence-electron chi connectivity index (χ0n) is 9.68. The summed E-state index contributed by atoms with van der Waals surface area (Å²) in [6, 6.07) is 5.74. The second-order valence-electron chi connectivity index (χ2n) is 3.92. The highest BCUT2D eigenvalue weighted by Gasteiger charge is 2.13. The molecule has 0 aliphatic carbocycles. The van der Waals surface area contributed by atoms with E-state index in [1.165, 1.54) is 0 Å². The molecule has 0 spiro atoms. The van der Waals surface area contributed by atoms with Gasteiger partial charge in [0.1, 0.15) is 5.76 Å². The van der Waals surface area contributed by atoms with Crippen molar-refractivity contribution in [3.05, 3.63) is 41.6 Å². The molecule has 0 saturated heterocycles. The first kappa shape index (κ1) is 11.0. The molecule has 0 bridgehead atoms. The minimum Gasteiger partial charge on any atom is -0.468 e. The lowest BCUT2D eigenvalue weighted by Gasteiger charge is -2.09. The van der Waals surface area contributed by atoms with Crippen LogP contribution in [-0.4, -0.2) is 9.78 Å². The Morgan fingerprint density at radius 2 is 2.38 bits per heavy atom. The van der Waals surface area contributed by atoms with Crippen LogP contribution >= 0.6 is 0 Å². The van der Waals surface area contributed by atoms with Crippen LogP contribution in [0.5, 0.6) is 0 Å². The molecule has 2 N–H and O–H groups in total. The molecule has 16 heavy (non-hydrogen) atoms. The molecule has 0 amide bonds. The molecule has 0 fully saturated rings. The fourth-order valence-electron chi connectivity index (χ4n) is 1.87. The van der Waals surface area contributed by atoms with Crippen molar-refractivity contribution in [1.29, 1.82) is 0 Å². The van der Waals surface area contributed by atoms with Crippen LogP contribution in [0.25, 0.3) is 0 Å². The molecule has 2 aromatic heterocycles. The average Bonchev–Trinajstić information content (AvgIpc) is 2.87. The summed E-state index contributed by atoms with van der Waals surface area (Å²) in [7, 11) is 0. The zero-order chi connectivity index (χ0) is 11.5. The van der Waals surface area contributed by atoms with Gasteiger partial charge in [-0.1, -0.05) is 0 Å². The van der Waals surface area contributed by atoms with Gasteiger partial charge in [0, 0.05) is 18.7 Å². The van der Waals surface area contributed by atoms with Crippen molar-refractivity contribution in [2.45, 2.75) is 32.9 Å². The Morgan fingerprint density at radius 1 is 1.56 bits per heavy atom. The molecular formula is C12H17N3O. The maximum atomic E-state index is 6.07. The lowest BCUT2D eigenvalue weighted by atomic mass is 10.1. The Morgan fingerprint density at radius 3 is 3.00 bits per heavy atom. The van der Waals surface area contributed by atoms with Crippen molar-refractivity contribution in [2.75, 3.05) is 0 Å². The van der Waals surface area contributed by atoms with E-state index in [1.807, 2.05) is 23.7 Å². The van der Waals surface area contributed by atoms with Crippen molar-refractivity contribution in [3.63, 3.8) is 0 Å². The van der Waals surface area contributed by atoms with Gasteiger partial charge in [-0.2, -0.15) is 5.10 Å². The highest BCUT2D eigenvalue weighted by Crippen LogP contribution is 2.17. The van der Waals surface area contributed by atoms with E-state index in [2.05, 4.69) is 18.1 Å². The molecule has 2 heterocycles. The molecule has 0 radical (unpaired) electrons. The highest BCUT2D eigenvalue weighted by atomic mass is 16.3. The number of hydrogen-bond acceptors (Lipinski definition) is 3. The standard InChI is InChI=1S/C12H17N3O/c1-3-15-10(7-9(2)14-15)8-11(13)12-5-4-6-16-12/h4-7,11H,3,8,13H2,1-2H3. The lowest BCUT2D eigenvalue weighted by Crippen LogP contribution is -2.15. The van der Waals surface area contributed by atoms with Gasteiger partial charge in [0.25, 0.3) is 0 Å². The number of nitrogens with two attached hydrogens (primary N) is 1. The van der Waals surface area contributed by atoms with Crippen LogP contribution in [0.15, 0.2) is 28.9 Å². The predicted octanol–water partition coefficient (Wildman–Crippen LogP) is 2.05. The van der Waals surface area contributed by atoms with Gasteiger partial charge in [0.05, 0.1) is 18.0 Å². The van der Waals surface area contributed by atoms with E-state index < -0.39 is 0 Å². The third-order valence-electron chi connectivity index (χ3n) is 2.62. The number of rotatable bonds is 4. The first-order valence-corrected chi connectivity index (χ1v) is 5.53. The Hall–Kier alpha value is -1.55. The van der Waals surface area contributed by atoms with Crippen LogP contribution in [0.3, 0.4) is 0 Å². The van der Waals surface area contributed by atoms with Gasteiger partial charge in [-0.3, -0.25) is 4.68 Å². The molecule has 4 heteroatoms. The number of hydrogen-bond donors (Lipinski definition) is 1. The summed E-state index contributed by atoms with van der Waals surface area (Å²) in [5.74, 6) is 0.821. The van der Waals surface area contributed by atoms with Gasteiger partial charge in [0.15, 0.2) is 0 Å². The lowest BCUT2D eigenvalue weighted by molar-refractivity contribution is 0.456. The quantitative estimate of drug-likeness (QED) is 0.856. The van der Waals surface area contributed by atoms with Crippen LogP contribution in [-0.2, 0) is 13.0 Å². The largest absolute Gasteiger partial charge is 0.468 e. The number of aromatic nitrogens is 2. The van der Waals surface area contributed by atoms with E-state index in [1.54, 1.807) is 6.26 Å². The fourth-order valence-corrected chi connectivity index (χ4v) is 1.87. The van der Waals surface area contributed by atoms with Crippen LogP contribution in [0.4, 0.5) is 0 Å². The van der Waals surface area contributed by atoms with Gasteiger partial charge in [-0.15, -0.1) is 0 Å². The molecule has 2 aromatic rings. The fraction of sp³-hybridized carbons (Fsp3) is 0.417. The Kier molecular flexibility index (Phi) is 3.10. The minimum absolute atomic E-state index is 0.101. The van der Waals surface area contributed by atoms with Crippen molar-refractivity contribution in [2.24, 2.45) is 5.73 Å². The summed E-state index contributed by atoms with van der Waals surface area (Å²) in [5, 5.41) is 4.39. The number of furan rings is 1. The molecule has 1 unspecified atom stereocenters. The van der Waals surface area contributed by atoms with E-state index in [-0.39, 0.29) is 6.04 Å².